The summed E-state index contributed by atoms with van der Waals surface area (Å²) in [5.41, 5.74) is 3.22. The molecule has 0 radical (unpaired) electrons. The molecule has 4 nitrogen and oxygen atoms in total. The van der Waals surface area contributed by atoms with E-state index in [4.69, 9.17) is 11.3 Å². The second kappa shape index (κ2) is 9.46. The average Bonchev–Trinajstić information content (AvgIpc) is 2.62. The molecule has 1 fully saturated rings. The molecule has 25 heavy (non-hydrogen) atoms. The number of nitrogens with zero attached hydrogens (tertiary/aromatic N) is 2. The van der Waals surface area contributed by atoms with E-state index in [2.05, 4.69) is 29.7 Å². The van der Waals surface area contributed by atoms with Crippen molar-refractivity contribution >= 4 is 5.97 Å². The average molecular weight is 342 g/mol. The van der Waals surface area contributed by atoms with Crippen LogP contribution in [-0.4, -0.2) is 24.0 Å². The lowest BCUT2D eigenvalue weighted by Gasteiger charge is -2.37. The van der Waals surface area contributed by atoms with Gasteiger partial charge in [0.15, 0.2) is 0 Å². The molecule has 2 rings (SSSR count). The molecule has 1 saturated carbocycles. The Hall–Kier alpha value is -2.02. The van der Waals surface area contributed by atoms with Crippen LogP contribution in [0.25, 0.3) is 4.85 Å². The van der Waals surface area contributed by atoms with E-state index in [1.807, 2.05) is 6.08 Å². The van der Waals surface area contributed by atoms with Crippen molar-refractivity contribution in [1.82, 2.24) is 4.90 Å². The molecule has 0 aromatic heterocycles. The van der Waals surface area contributed by atoms with Crippen molar-refractivity contribution in [3.63, 3.8) is 0 Å². The molecule has 0 aromatic rings. The second-order valence-corrected chi connectivity index (χ2v) is 6.83. The van der Waals surface area contributed by atoms with Gasteiger partial charge < -0.3 is 9.64 Å². The standard InChI is InChI=1S/C21H30N2O2/c1-5-7-13-23-16(3)14-18(20(22-4)21(24)25-6-2)15-19(23)17-11-9-8-10-12-17/h14-15,17H,5-13H2,1-3H3. The summed E-state index contributed by atoms with van der Waals surface area (Å²) in [7, 11) is 0. The van der Waals surface area contributed by atoms with Crippen molar-refractivity contribution in [2.24, 2.45) is 5.92 Å². The minimum Gasteiger partial charge on any atom is -0.471 e. The Morgan fingerprint density at radius 3 is 2.60 bits per heavy atom. The third-order valence-corrected chi connectivity index (χ3v) is 5.02. The van der Waals surface area contributed by atoms with E-state index >= 15 is 0 Å². The Morgan fingerprint density at radius 2 is 2.00 bits per heavy atom. The van der Waals surface area contributed by atoms with E-state index in [1.165, 1.54) is 37.8 Å². The summed E-state index contributed by atoms with van der Waals surface area (Å²) < 4.78 is 5.07. The normalized spacial score (nSPS) is 20.5. The summed E-state index contributed by atoms with van der Waals surface area (Å²) in [6.45, 7) is 14.8. The molecule has 0 atom stereocenters. The van der Waals surface area contributed by atoms with Crippen LogP contribution in [0.4, 0.5) is 0 Å². The molecule has 4 heteroatoms. The number of unbranched alkanes of at least 4 members (excludes halogenated alkanes) is 1. The number of carbonyl (C=O) groups excluding carboxylic acids is 1. The SMILES string of the molecule is [C-]#[N+]C(C(=O)OCC)=C1C=C(C)N(CCCC)C(C2CCCCC2)=C1. The van der Waals surface area contributed by atoms with Gasteiger partial charge in [-0.15, -0.1) is 0 Å². The topological polar surface area (TPSA) is 33.9 Å². The van der Waals surface area contributed by atoms with Crippen LogP contribution in [0.15, 0.2) is 34.8 Å². The lowest BCUT2D eigenvalue weighted by molar-refractivity contribution is -0.138. The van der Waals surface area contributed by atoms with E-state index in [-0.39, 0.29) is 12.3 Å². The molecule has 0 saturated heterocycles. The highest BCUT2D eigenvalue weighted by Crippen LogP contribution is 2.37. The van der Waals surface area contributed by atoms with Crippen molar-refractivity contribution in [3.05, 3.63) is 46.2 Å². The molecule has 1 heterocycles. The maximum Gasteiger partial charge on any atom is 0.336 e. The maximum atomic E-state index is 12.2. The lowest BCUT2D eigenvalue weighted by Crippen LogP contribution is -2.30. The fraction of sp³-hybridized carbons (Fsp3) is 0.619. The number of allylic oxidation sites excluding steroid dienone is 5. The Labute approximate surface area is 152 Å². The summed E-state index contributed by atoms with van der Waals surface area (Å²) in [5.74, 6) is 0.0104. The van der Waals surface area contributed by atoms with Gasteiger partial charge in [-0.3, -0.25) is 4.79 Å². The minimum atomic E-state index is -0.516. The molecule has 0 N–H and O–H groups in total. The van der Waals surface area contributed by atoms with E-state index < -0.39 is 5.97 Å². The summed E-state index contributed by atoms with van der Waals surface area (Å²) in [6.07, 6.45) is 12.6. The monoisotopic (exact) mass is 342 g/mol. The third kappa shape index (κ3) is 4.75. The molecule has 1 aliphatic heterocycles. The van der Waals surface area contributed by atoms with Crippen LogP contribution in [0.3, 0.4) is 0 Å². The fourth-order valence-corrected chi connectivity index (χ4v) is 3.71. The molecule has 136 valence electrons. The van der Waals surface area contributed by atoms with Gasteiger partial charge in [-0.25, -0.2) is 4.85 Å². The summed E-state index contributed by atoms with van der Waals surface area (Å²) in [5, 5.41) is 0. The first-order chi connectivity index (χ1) is 12.1. The number of carbonyl (C=O) groups is 1. The predicted octanol–water partition coefficient (Wildman–Crippen LogP) is 5.21. The van der Waals surface area contributed by atoms with Gasteiger partial charge in [0.1, 0.15) is 0 Å². The van der Waals surface area contributed by atoms with E-state index in [0.29, 0.717) is 11.5 Å². The Morgan fingerprint density at radius 1 is 1.28 bits per heavy atom. The molecular weight excluding hydrogens is 312 g/mol. The first-order valence-corrected chi connectivity index (χ1v) is 9.58. The van der Waals surface area contributed by atoms with Crippen LogP contribution < -0.4 is 0 Å². The zero-order chi connectivity index (χ0) is 18.2. The number of hydrogen-bond acceptors (Lipinski definition) is 3. The van der Waals surface area contributed by atoms with Crippen molar-refractivity contribution in [2.75, 3.05) is 13.2 Å². The van der Waals surface area contributed by atoms with Crippen molar-refractivity contribution in [2.45, 2.75) is 65.7 Å². The molecule has 0 spiro atoms. The first-order valence-electron chi connectivity index (χ1n) is 9.58. The summed E-state index contributed by atoms with van der Waals surface area (Å²) >= 11 is 0. The number of ether oxygens (including phenoxy) is 1. The molecular formula is C21H30N2O2. The van der Waals surface area contributed by atoms with Gasteiger partial charge >= 0.3 is 5.97 Å². The summed E-state index contributed by atoms with van der Waals surface area (Å²) in [6, 6.07) is 0. The molecule has 1 aliphatic carbocycles. The van der Waals surface area contributed by atoms with E-state index in [9.17, 15) is 4.79 Å². The van der Waals surface area contributed by atoms with Crippen LogP contribution in [0.5, 0.6) is 0 Å². The molecule has 0 unspecified atom stereocenters. The van der Waals surface area contributed by atoms with Gasteiger partial charge in [0, 0.05) is 17.9 Å². The first kappa shape index (κ1) is 19.3. The van der Waals surface area contributed by atoms with Crippen LogP contribution >= 0.6 is 0 Å². The highest BCUT2D eigenvalue weighted by atomic mass is 16.5. The van der Waals surface area contributed by atoms with Crippen LogP contribution in [0, 0.1) is 12.5 Å². The Kier molecular flexibility index (Phi) is 7.31. The van der Waals surface area contributed by atoms with Gasteiger partial charge in [0.05, 0.1) is 13.2 Å². The highest BCUT2D eigenvalue weighted by Gasteiger charge is 2.27. The molecule has 2 aliphatic rings. The Bertz CT molecular complexity index is 616. The largest absolute Gasteiger partial charge is 0.471 e. The second-order valence-electron chi connectivity index (χ2n) is 6.83. The third-order valence-electron chi connectivity index (χ3n) is 5.02. The van der Waals surface area contributed by atoms with Gasteiger partial charge in [-0.1, -0.05) is 32.6 Å². The number of rotatable bonds is 6. The number of esters is 1. The van der Waals surface area contributed by atoms with E-state index in [0.717, 1.165) is 25.1 Å². The smallest absolute Gasteiger partial charge is 0.336 e. The predicted molar refractivity (Wildman–Crippen MR) is 100 cm³/mol. The zero-order valence-electron chi connectivity index (χ0n) is 15.8. The van der Waals surface area contributed by atoms with Crippen molar-refractivity contribution in [3.8, 4) is 0 Å². The van der Waals surface area contributed by atoms with Gasteiger partial charge in [-0.2, -0.15) is 0 Å². The zero-order valence-corrected chi connectivity index (χ0v) is 15.8. The highest BCUT2D eigenvalue weighted by molar-refractivity contribution is 5.92. The van der Waals surface area contributed by atoms with Crippen molar-refractivity contribution < 1.29 is 9.53 Å². The van der Waals surface area contributed by atoms with Gasteiger partial charge in [0.25, 0.3) is 5.70 Å². The number of hydrogen-bond donors (Lipinski definition) is 0. The Balaban J connectivity index is 2.41. The minimum absolute atomic E-state index is 0.102. The van der Waals surface area contributed by atoms with E-state index in [1.54, 1.807) is 6.92 Å². The maximum absolute atomic E-state index is 12.2. The van der Waals surface area contributed by atoms with Crippen molar-refractivity contribution in [1.29, 1.82) is 0 Å². The van der Waals surface area contributed by atoms with Crippen LogP contribution in [0.2, 0.25) is 0 Å². The molecule has 0 bridgehead atoms. The lowest BCUT2D eigenvalue weighted by atomic mass is 9.84. The molecule has 0 aromatic carbocycles. The van der Waals surface area contributed by atoms with Crippen LogP contribution in [0.1, 0.15) is 65.7 Å². The fourth-order valence-electron chi connectivity index (χ4n) is 3.71. The van der Waals surface area contributed by atoms with Gasteiger partial charge in [0.2, 0.25) is 0 Å². The molecule has 0 amide bonds. The quantitative estimate of drug-likeness (QED) is 0.378. The van der Waals surface area contributed by atoms with Crippen LogP contribution in [-0.2, 0) is 9.53 Å². The summed E-state index contributed by atoms with van der Waals surface area (Å²) in [4.78, 5) is 18.0. The van der Waals surface area contributed by atoms with Gasteiger partial charge in [-0.05, 0) is 56.8 Å².